The number of aromatic nitrogens is 1. The van der Waals surface area contributed by atoms with E-state index in [0.717, 1.165) is 28.8 Å². The van der Waals surface area contributed by atoms with E-state index >= 15 is 0 Å². The molecule has 0 radical (unpaired) electrons. The summed E-state index contributed by atoms with van der Waals surface area (Å²) >= 11 is 0. The van der Waals surface area contributed by atoms with Gasteiger partial charge in [-0.3, -0.25) is 9.78 Å². The van der Waals surface area contributed by atoms with Crippen LogP contribution in [0.1, 0.15) is 35.1 Å². The Morgan fingerprint density at radius 2 is 1.48 bits per heavy atom. The summed E-state index contributed by atoms with van der Waals surface area (Å²) in [4.78, 5) is 16.8. The number of aryl methyl sites for hydroxylation is 1. The second kappa shape index (κ2) is 10.3. The fourth-order valence-electron chi connectivity index (χ4n) is 4.07. The van der Waals surface area contributed by atoms with Gasteiger partial charge in [0.15, 0.2) is 0 Å². The predicted octanol–water partition coefficient (Wildman–Crippen LogP) is 4.16. The number of pyridine rings is 1. The number of amides is 1. The van der Waals surface area contributed by atoms with Crippen molar-refractivity contribution >= 4 is 21.6 Å². The molecule has 0 bridgehead atoms. The normalized spacial score (nSPS) is 15.3. The molecular weight excluding hydrogens is 434 g/mol. The Morgan fingerprint density at radius 3 is 2.12 bits per heavy atom. The molecule has 7 heteroatoms. The first kappa shape index (κ1) is 23.1. The number of sulfonamides is 1. The minimum Gasteiger partial charge on any atom is -0.326 e. The fraction of sp³-hybridized carbons (Fsp3) is 0.308. The van der Waals surface area contributed by atoms with Crippen LogP contribution in [0.15, 0.2) is 73.1 Å². The average Bonchev–Trinajstić information content (AvgIpc) is 2.82. The van der Waals surface area contributed by atoms with E-state index < -0.39 is 10.0 Å². The number of piperidine rings is 1. The Kier molecular flexibility index (Phi) is 7.20. The first-order chi connectivity index (χ1) is 15.9. The van der Waals surface area contributed by atoms with Gasteiger partial charge in [-0.05, 0) is 67.1 Å². The SMILES string of the molecule is Cc1ccc(CS(=O)(=O)N2CCC(C(=O)Nc3ccc(Cc4ccncc4)cc3)CC2)cc1. The molecule has 33 heavy (non-hydrogen) atoms. The zero-order valence-electron chi connectivity index (χ0n) is 18.8. The van der Waals surface area contributed by atoms with Crippen molar-refractivity contribution in [3.05, 3.63) is 95.3 Å². The Balaban J connectivity index is 1.28. The Bertz CT molecular complexity index is 1170. The molecule has 1 aliphatic heterocycles. The molecule has 0 aliphatic carbocycles. The monoisotopic (exact) mass is 463 g/mol. The van der Waals surface area contributed by atoms with E-state index in [1.807, 2.05) is 67.6 Å². The van der Waals surface area contributed by atoms with Crippen molar-refractivity contribution in [3.63, 3.8) is 0 Å². The first-order valence-electron chi connectivity index (χ1n) is 11.2. The number of benzene rings is 2. The van der Waals surface area contributed by atoms with Crippen LogP contribution in [0.4, 0.5) is 5.69 Å². The molecule has 172 valence electrons. The molecular formula is C26H29N3O3S. The van der Waals surface area contributed by atoms with Gasteiger partial charge in [0.1, 0.15) is 0 Å². The van der Waals surface area contributed by atoms with Crippen molar-refractivity contribution < 1.29 is 13.2 Å². The highest BCUT2D eigenvalue weighted by Crippen LogP contribution is 2.23. The maximum Gasteiger partial charge on any atom is 0.227 e. The van der Waals surface area contributed by atoms with Crippen LogP contribution in [-0.2, 0) is 27.0 Å². The minimum absolute atomic E-state index is 0.00398. The summed E-state index contributed by atoms with van der Waals surface area (Å²) in [6, 6.07) is 19.4. The van der Waals surface area contributed by atoms with Crippen molar-refractivity contribution in [2.75, 3.05) is 18.4 Å². The molecule has 4 rings (SSSR count). The van der Waals surface area contributed by atoms with E-state index in [9.17, 15) is 13.2 Å². The van der Waals surface area contributed by atoms with E-state index in [1.54, 1.807) is 12.4 Å². The van der Waals surface area contributed by atoms with E-state index in [1.165, 1.54) is 9.87 Å². The number of hydrogen-bond donors (Lipinski definition) is 1. The van der Waals surface area contributed by atoms with Crippen molar-refractivity contribution in [1.29, 1.82) is 0 Å². The molecule has 3 aromatic rings. The first-order valence-corrected chi connectivity index (χ1v) is 12.8. The van der Waals surface area contributed by atoms with E-state index in [4.69, 9.17) is 0 Å². The average molecular weight is 464 g/mol. The highest BCUT2D eigenvalue weighted by molar-refractivity contribution is 7.88. The molecule has 1 aliphatic rings. The number of carbonyl (C=O) groups excluding carboxylic acids is 1. The van der Waals surface area contributed by atoms with Crippen LogP contribution in [0.2, 0.25) is 0 Å². The van der Waals surface area contributed by atoms with E-state index in [-0.39, 0.29) is 17.6 Å². The molecule has 0 saturated carbocycles. The van der Waals surface area contributed by atoms with Crippen LogP contribution in [0.3, 0.4) is 0 Å². The minimum atomic E-state index is -3.39. The zero-order chi connectivity index (χ0) is 23.3. The molecule has 2 heterocycles. The second-order valence-corrected chi connectivity index (χ2v) is 10.6. The van der Waals surface area contributed by atoms with Gasteiger partial charge in [0.25, 0.3) is 0 Å². The quantitative estimate of drug-likeness (QED) is 0.571. The Hall–Kier alpha value is -3.03. The molecule has 1 saturated heterocycles. The van der Waals surface area contributed by atoms with Gasteiger partial charge in [0.05, 0.1) is 5.75 Å². The van der Waals surface area contributed by atoms with Gasteiger partial charge in [0, 0.05) is 37.1 Å². The molecule has 2 aromatic carbocycles. The highest BCUT2D eigenvalue weighted by atomic mass is 32.2. The lowest BCUT2D eigenvalue weighted by Crippen LogP contribution is -2.41. The van der Waals surface area contributed by atoms with Crippen LogP contribution in [-0.4, -0.2) is 36.7 Å². The predicted molar refractivity (Wildman–Crippen MR) is 130 cm³/mol. The topological polar surface area (TPSA) is 79.4 Å². The van der Waals surface area contributed by atoms with Gasteiger partial charge in [-0.25, -0.2) is 12.7 Å². The number of hydrogen-bond acceptors (Lipinski definition) is 4. The van der Waals surface area contributed by atoms with Crippen LogP contribution < -0.4 is 5.32 Å². The lowest BCUT2D eigenvalue weighted by Gasteiger charge is -2.30. The molecule has 0 atom stereocenters. The van der Waals surface area contributed by atoms with Crippen LogP contribution in [0.25, 0.3) is 0 Å². The van der Waals surface area contributed by atoms with Gasteiger partial charge in [0.2, 0.25) is 15.9 Å². The number of anilines is 1. The Morgan fingerprint density at radius 1 is 0.909 bits per heavy atom. The third-order valence-electron chi connectivity index (χ3n) is 6.07. The largest absolute Gasteiger partial charge is 0.326 e. The van der Waals surface area contributed by atoms with Gasteiger partial charge in [-0.1, -0.05) is 42.0 Å². The van der Waals surface area contributed by atoms with Gasteiger partial charge in [-0.2, -0.15) is 0 Å². The number of rotatable bonds is 7. The molecule has 6 nitrogen and oxygen atoms in total. The van der Waals surface area contributed by atoms with Gasteiger partial charge in [-0.15, -0.1) is 0 Å². The number of nitrogens with one attached hydrogen (secondary N) is 1. The van der Waals surface area contributed by atoms with Crippen molar-refractivity contribution in [2.45, 2.75) is 31.9 Å². The van der Waals surface area contributed by atoms with Crippen LogP contribution in [0.5, 0.6) is 0 Å². The van der Waals surface area contributed by atoms with E-state index in [2.05, 4.69) is 10.3 Å². The fourth-order valence-corrected chi connectivity index (χ4v) is 5.63. The summed E-state index contributed by atoms with van der Waals surface area (Å²) in [6.45, 7) is 2.72. The smallest absolute Gasteiger partial charge is 0.227 e. The molecule has 0 unspecified atom stereocenters. The maximum absolute atomic E-state index is 12.8. The summed E-state index contributed by atoms with van der Waals surface area (Å²) in [5.74, 6) is -0.240. The molecule has 1 aromatic heterocycles. The number of carbonyl (C=O) groups is 1. The lowest BCUT2D eigenvalue weighted by molar-refractivity contribution is -0.120. The second-order valence-electron chi connectivity index (χ2n) is 8.63. The zero-order valence-corrected chi connectivity index (χ0v) is 19.6. The third-order valence-corrected chi connectivity index (χ3v) is 7.92. The third kappa shape index (κ3) is 6.27. The summed E-state index contributed by atoms with van der Waals surface area (Å²) in [6.07, 6.45) is 5.43. The van der Waals surface area contributed by atoms with Crippen LogP contribution >= 0.6 is 0 Å². The van der Waals surface area contributed by atoms with Crippen molar-refractivity contribution in [3.8, 4) is 0 Å². The van der Waals surface area contributed by atoms with E-state index in [0.29, 0.717) is 25.9 Å². The van der Waals surface area contributed by atoms with Gasteiger partial charge < -0.3 is 5.32 Å². The van der Waals surface area contributed by atoms with Crippen LogP contribution in [0, 0.1) is 12.8 Å². The Labute approximate surface area is 195 Å². The number of nitrogens with zero attached hydrogens (tertiary/aromatic N) is 2. The highest BCUT2D eigenvalue weighted by Gasteiger charge is 2.31. The summed E-state index contributed by atoms with van der Waals surface area (Å²) in [5.41, 5.74) is 4.99. The summed E-state index contributed by atoms with van der Waals surface area (Å²) in [7, 11) is -3.39. The lowest BCUT2D eigenvalue weighted by atomic mass is 9.97. The summed E-state index contributed by atoms with van der Waals surface area (Å²) in [5, 5.41) is 2.98. The molecule has 1 amide bonds. The molecule has 1 fully saturated rings. The maximum atomic E-state index is 12.8. The molecule has 0 spiro atoms. The van der Waals surface area contributed by atoms with Gasteiger partial charge >= 0.3 is 0 Å². The van der Waals surface area contributed by atoms with Crippen molar-refractivity contribution in [2.24, 2.45) is 5.92 Å². The molecule has 1 N–H and O–H groups in total. The summed E-state index contributed by atoms with van der Waals surface area (Å²) < 4.78 is 27.1. The van der Waals surface area contributed by atoms with Crippen molar-refractivity contribution in [1.82, 2.24) is 9.29 Å². The standard InChI is InChI=1S/C26H29N3O3S/c1-20-2-4-23(5-3-20)19-33(31,32)29-16-12-24(13-17-29)26(30)28-25-8-6-21(7-9-25)18-22-10-14-27-15-11-22/h2-11,14-15,24H,12-13,16-19H2,1H3,(H,28,30).